The van der Waals surface area contributed by atoms with E-state index < -0.39 is 15.9 Å². The zero-order chi connectivity index (χ0) is 21.2. The van der Waals surface area contributed by atoms with E-state index in [-0.39, 0.29) is 30.4 Å². The zero-order valence-corrected chi connectivity index (χ0v) is 19.5. The summed E-state index contributed by atoms with van der Waals surface area (Å²) in [6.07, 6.45) is 0. The van der Waals surface area contributed by atoms with Crippen LogP contribution >= 0.6 is 57.6 Å². The Balaban J connectivity index is 1.71. The van der Waals surface area contributed by atoms with Gasteiger partial charge >= 0.3 is 0 Å². The standard InChI is InChI=1S/C14H12Cl2N6O3S4/c1-6(2)26-13-20-19-12(27-13)22-29(24,25)14-21-18-11(28-14)17-10(23)8-4-3-7(15)5-9(8)16/h3-6H,1-2H3,(H,19,22)(H,17,18,23). The lowest BCUT2D eigenvalue weighted by Crippen LogP contribution is -2.12. The number of thioether (sulfide) groups is 1. The summed E-state index contributed by atoms with van der Waals surface area (Å²) < 4.78 is 27.6. The molecular formula is C14H12Cl2N6O3S4. The normalized spacial score (nSPS) is 11.6. The molecule has 3 rings (SSSR count). The van der Waals surface area contributed by atoms with Gasteiger partial charge in [-0.15, -0.1) is 20.4 Å². The van der Waals surface area contributed by atoms with E-state index in [2.05, 4.69) is 30.4 Å². The van der Waals surface area contributed by atoms with Crippen molar-refractivity contribution in [3.8, 4) is 0 Å². The fourth-order valence-electron chi connectivity index (χ4n) is 1.87. The number of hydrogen-bond acceptors (Lipinski definition) is 10. The Bertz CT molecular complexity index is 1150. The van der Waals surface area contributed by atoms with E-state index in [0.717, 1.165) is 11.3 Å². The molecule has 0 saturated heterocycles. The van der Waals surface area contributed by atoms with Crippen LogP contribution in [0.1, 0.15) is 24.2 Å². The molecule has 0 aliphatic carbocycles. The summed E-state index contributed by atoms with van der Waals surface area (Å²) >= 11 is 15.1. The predicted molar refractivity (Wildman–Crippen MR) is 116 cm³/mol. The minimum absolute atomic E-state index is 0.00490. The maximum absolute atomic E-state index is 12.5. The fourth-order valence-corrected chi connectivity index (χ4v) is 6.46. The third-order valence-electron chi connectivity index (χ3n) is 3.00. The van der Waals surface area contributed by atoms with E-state index in [1.54, 1.807) is 0 Å². The minimum atomic E-state index is -4.02. The Morgan fingerprint density at radius 1 is 1.10 bits per heavy atom. The Morgan fingerprint density at radius 3 is 2.52 bits per heavy atom. The summed E-state index contributed by atoms with van der Waals surface area (Å²) in [6.45, 7) is 3.98. The largest absolute Gasteiger partial charge is 0.296 e. The van der Waals surface area contributed by atoms with Crippen LogP contribution < -0.4 is 10.0 Å². The Morgan fingerprint density at radius 2 is 1.83 bits per heavy atom. The van der Waals surface area contributed by atoms with E-state index in [1.807, 2.05) is 13.8 Å². The lowest BCUT2D eigenvalue weighted by atomic mass is 10.2. The Kier molecular flexibility index (Phi) is 6.96. The molecule has 1 amide bonds. The van der Waals surface area contributed by atoms with Crippen LogP contribution in [0.25, 0.3) is 0 Å². The molecule has 29 heavy (non-hydrogen) atoms. The molecule has 0 saturated carbocycles. The summed E-state index contributed by atoms with van der Waals surface area (Å²) in [6, 6.07) is 4.38. The van der Waals surface area contributed by atoms with Crippen LogP contribution in [0.4, 0.5) is 10.3 Å². The van der Waals surface area contributed by atoms with Crippen molar-refractivity contribution in [2.75, 3.05) is 10.0 Å². The molecule has 9 nitrogen and oxygen atoms in total. The fraction of sp³-hybridized carbons (Fsp3) is 0.214. The second kappa shape index (κ2) is 9.10. The van der Waals surface area contributed by atoms with Crippen molar-refractivity contribution < 1.29 is 13.2 Å². The maximum atomic E-state index is 12.5. The van der Waals surface area contributed by atoms with Gasteiger partial charge in [-0.3, -0.25) is 14.8 Å². The number of rotatable bonds is 7. The zero-order valence-electron chi connectivity index (χ0n) is 14.7. The number of benzene rings is 1. The molecule has 2 aromatic heterocycles. The average molecular weight is 511 g/mol. The molecule has 0 fully saturated rings. The monoisotopic (exact) mass is 510 g/mol. The number of amides is 1. The van der Waals surface area contributed by atoms with Gasteiger partial charge < -0.3 is 0 Å². The van der Waals surface area contributed by atoms with E-state index in [0.29, 0.717) is 20.7 Å². The molecule has 15 heteroatoms. The third-order valence-corrected chi connectivity index (χ3v) is 8.15. The summed E-state index contributed by atoms with van der Waals surface area (Å²) in [5.74, 6) is -0.570. The van der Waals surface area contributed by atoms with Gasteiger partial charge in [-0.2, -0.15) is 8.42 Å². The molecule has 0 aliphatic rings. The Labute approximate surface area is 188 Å². The summed E-state index contributed by atoms with van der Waals surface area (Å²) in [7, 11) is -4.02. The van der Waals surface area contributed by atoms with Gasteiger partial charge in [0.1, 0.15) is 0 Å². The quantitative estimate of drug-likeness (QED) is 0.356. The smallest absolute Gasteiger partial charge is 0.293 e. The maximum Gasteiger partial charge on any atom is 0.293 e. The van der Waals surface area contributed by atoms with Crippen LogP contribution in [-0.2, 0) is 10.0 Å². The number of aromatic nitrogens is 4. The summed E-state index contributed by atoms with van der Waals surface area (Å²) in [5.41, 5.74) is 0.165. The van der Waals surface area contributed by atoms with E-state index in [9.17, 15) is 13.2 Å². The molecule has 2 N–H and O–H groups in total. The van der Waals surface area contributed by atoms with Gasteiger partial charge in [-0.05, 0) is 18.2 Å². The average Bonchev–Trinajstić information content (AvgIpc) is 3.24. The number of nitrogens with one attached hydrogen (secondary N) is 2. The summed E-state index contributed by atoms with van der Waals surface area (Å²) in [4.78, 5) is 12.3. The van der Waals surface area contributed by atoms with Crippen molar-refractivity contribution in [2.24, 2.45) is 0 Å². The van der Waals surface area contributed by atoms with Gasteiger partial charge in [0.05, 0.1) is 10.6 Å². The molecule has 0 aliphatic heterocycles. The number of carbonyl (C=O) groups excluding carboxylic acids is 1. The van der Waals surface area contributed by atoms with Gasteiger partial charge in [-0.25, -0.2) is 0 Å². The molecule has 3 aromatic rings. The molecule has 1 aromatic carbocycles. The lowest BCUT2D eigenvalue weighted by Gasteiger charge is -2.03. The molecule has 0 spiro atoms. The van der Waals surface area contributed by atoms with Crippen LogP contribution in [-0.4, -0.2) is 40.0 Å². The number of hydrogen-bond donors (Lipinski definition) is 2. The molecule has 0 radical (unpaired) electrons. The van der Waals surface area contributed by atoms with Gasteiger partial charge in [0.15, 0.2) is 4.34 Å². The second-order valence-electron chi connectivity index (χ2n) is 5.60. The first-order chi connectivity index (χ1) is 13.6. The van der Waals surface area contributed by atoms with E-state index in [1.165, 1.54) is 30.0 Å². The highest BCUT2D eigenvalue weighted by molar-refractivity contribution is 8.01. The van der Waals surface area contributed by atoms with Gasteiger partial charge in [0.25, 0.3) is 20.3 Å². The van der Waals surface area contributed by atoms with Crippen molar-refractivity contribution >= 4 is 83.8 Å². The van der Waals surface area contributed by atoms with Crippen LogP contribution in [0.5, 0.6) is 0 Å². The third kappa shape index (κ3) is 5.77. The van der Waals surface area contributed by atoms with Crippen molar-refractivity contribution in [3.05, 3.63) is 33.8 Å². The molecule has 2 heterocycles. The van der Waals surface area contributed by atoms with Gasteiger partial charge in [0, 0.05) is 10.3 Å². The SMILES string of the molecule is CC(C)Sc1nnc(NS(=O)(=O)c2nnc(NC(=O)c3ccc(Cl)cc3Cl)s2)s1. The second-order valence-corrected chi connectivity index (χ2v) is 12.1. The number of anilines is 2. The van der Waals surface area contributed by atoms with Crippen LogP contribution in [0.3, 0.4) is 0 Å². The van der Waals surface area contributed by atoms with Crippen LogP contribution in [0, 0.1) is 0 Å². The number of sulfonamides is 1. The Hall–Kier alpha value is -1.51. The first-order valence-corrected chi connectivity index (χ1v) is 12.5. The number of nitrogens with zero attached hydrogens (tertiary/aromatic N) is 4. The van der Waals surface area contributed by atoms with Crippen molar-refractivity contribution in [1.29, 1.82) is 0 Å². The first-order valence-electron chi connectivity index (χ1n) is 7.77. The first kappa shape index (κ1) is 22.2. The number of carbonyl (C=O) groups is 1. The lowest BCUT2D eigenvalue weighted by molar-refractivity contribution is 0.102. The minimum Gasteiger partial charge on any atom is -0.296 e. The highest BCUT2D eigenvalue weighted by Gasteiger charge is 2.23. The van der Waals surface area contributed by atoms with E-state index >= 15 is 0 Å². The van der Waals surface area contributed by atoms with Crippen molar-refractivity contribution in [1.82, 2.24) is 20.4 Å². The van der Waals surface area contributed by atoms with Crippen LogP contribution in [0.15, 0.2) is 26.9 Å². The molecule has 0 bridgehead atoms. The molecular weight excluding hydrogens is 499 g/mol. The molecule has 0 unspecified atom stereocenters. The summed E-state index contributed by atoms with van der Waals surface area (Å²) in [5, 5.41) is 18.4. The molecule has 154 valence electrons. The highest BCUT2D eigenvalue weighted by atomic mass is 35.5. The van der Waals surface area contributed by atoms with Gasteiger partial charge in [0.2, 0.25) is 10.3 Å². The number of halogens is 2. The van der Waals surface area contributed by atoms with E-state index in [4.69, 9.17) is 23.2 Å². The van der Waals surface area contributed by atoms with Crippen molar-refractivity contribution in [2.45, 2.75) is 27.8 Å². The molecule has 0 atom stereocenters. The van der Waals surface area contributed by atoms with Crippen LogP contribution in [0.2, 0.25) is 10.0 Å². The highest BCUT2D eigenvalue weighted by Crippen LogP contribution is 2.30. The van der Waals surface area contributed by atoms with Crippen molar-refractivity contribution in [3.63, 3.8) is 0 Å². The van der Waals surface area contributed by atoms with Gasteiger partial charge in [-0.1, -0.05) is 71.5 Å². The predicted octanol–water partition coefficient (Wildman–Crippen LogP) is 4.25. The topological polar surface area (TPSA) is 127 Å².